The highest BCUT2D eigenvalue weighted by molar-refractivity contribution is 5.71. The van der Waals surface area contributed by atoms with Crippen LogP contribution in [0.4, 0.5) is 0 Å². The largest absolute Gasteiger partial charge is 0.462 e. The minimum absolute atomic E-state index is 0.108. The summed E-state index contributed by atoms with van der Waals surface area (Å²) in [5, 5.41) is 0. The van der Waals surface area contributed by atoms with E-state index in [1.54, 1.807) is 0 Å². The maximum absolute atomic E-state index is 12.8. The second kappa shape index (κ2) is 49.5. The van der Waals surface area contributed by atoms with Gasteiger partial charge in [0, 0.05) is 19.3 Å². The average molecular weight is 857 g/mol. The Balaban J connectivity index is 4.55. The van der Waals surface area contributed by atoms with Gasteiger partial charge in [-0.1, -0.05) is 219 Å². The molecule has 0 fully saturated rings. The molecule has 0 radical (unpaired) electrons. The third-order valence-corrected chi connectivity index (χ3v) is 9.87. The minimum atomic E-state index is -0.814. The standard InChI is InChI=1S/C56H88O6/c1-4-7-10-13-16-19-22-24-26-28-30-31-34-37-40-43-46-49-55(58)61-52-53(51-60-54(57)48-45-42-39-36-33-21-18-15-12-9-6-3)62-56(59)50-47-44-41-38-35-32-29-27-25-23-20-17-14-11-8-5-2/h7-8,10-11,13,16-17,19-20,22,24-28,30-32,34-35,53H,4-6,9,12,14-15,18,21,23,29,33,36-52H2,1-3H3/b10-7-,11-8-,16-13-,20-17-,22-19-,26-24-,27-25-,30-28+,34-31-,35-32-. The van der Waals surface area contributed by atoms with E-state index < -0.39 is 6.10 Å². The Morgan fingerprint density at radius 1 is 0.355 bits per heavy atom. The van der Waals surface area contributed by atoms with Gasteiger partial charge in [0.05, 0.1) is 0 Å². The number of esters is 3. The van der Waals surface area contributed by atoms with Gasteiger partial charge in [0.15, 0.2) is 6.10 Å². The number of carbonyl (C=O) groups excluding carboxylic acids is 3. The van der Waals surface area contributed by atoms with Gasteiger partial charge in [0.25, 0.3) is 0 Å². The fraction of sp³-hybridized carbons (Fsp3) is 0.589. The lowest BCUT2D eigenvalue weighted by atomic mass is 10.1. The molecule has 0 aromatic heterocycles. The third kappa shape index (κ3) is 46.9. The van der Waals surface area contributed by atoms with Crippen molar-refractivity contribution in [1.82, 2.24) is 0 Å². The maximum atomic E-state index is 12.8. The molecule has 0 aliphatic carbocycles. The smallest absolute Gasteiger partial charge is 0.306 e. The Morgan fingerprint density at radius 2 is 0.710 bits per heavy atom. The third-order valence-electron chi connectivity index (χ3n) is 9.87. The van der Waals surface area contributed by atoms with Gasteiger partial charge in [-0.15, -0.1) is 0 Å². The SMILES string of the molecule is CC\C=C/C=C\C=C/C=C\C=C\C=C/CCCCCC(=O)OCC(COC(=O)CCCCCCCCCCCCC)OC(=O)CCCCC/C=C\C/C=C\C/C=C\C/C=C\CC. The van der Waals surface area contributed by atoms with Gasteiger partial charge >= 0.3 is 17.9 Å². The van der Waals surface area contributed by atoms with E-state index in [0.29, 0.717) is 19.3 Å². The second-order valence-electron chi connectivity index (χ2n) is 15.8. The normalized spacial score (nSPS) is 13.1. The van der Waals surface area contributed by atoms with E-state index in [1.165, 1.54) is 51.4 Å². The number of hydrogen-bond acceptors (Lipinski definition) is 6. The molecule has 1 atom stereocenters. The maximum Gasteiger partial charge on any atom is 0.306 e. The molecule has 0 saturated heterocycles. The quantitative estimate of drug-likeness (QED) is 0.0200. The Morgan fingerprint density at radius 3 is 1.18 bits per heavy atom. The number of rotatable bonds is 42. The van der Waals surface area contributed by atoms with Crippen LogP contribution in [0.25, 0.3) is 0 Å². The molecule has 0 aromatic carbocycles. The number of ether oxygens (including phenoxy) is 3. The zero-order chi connectivity index (χ0) is 45.1. The lowest BCUT2D eigenvalue weighted by Gasteiger charge is -2.18. The molecular formula is C56H88O6. The van der Waals surface area contributed by atoms with E-state index in [4.69, 9.17) is 14.2 Å². The highest BCUT2D eigenvalue weighted by Gasteiger charge is 2.19. The van der Waals surface area contributed by atoms with Crippen molar-refractivity contribution < 1.29 is 28.6 Å². The lowest BCUT2D eigenvalue weighted by molar-refractivity contribution is -0.167. The fourth-order valence-electron chi connectivity index (χ4n) is 6.23. The molecule has 0 N–H and O–H groups in total. The molecule has 0 heterocycles. The molecule has 0 aromatic rings. The Labute approximate surface area is 380 Å². The first kappa shape index (κ1) is 57.8. The number of hydrogen-bond donors (Lipinski definition) is 0. The monoisotopic (exact) mass is 857 g/mol. The Kier molecular flexibility index (Phi) is 46.1. The van der Waals surface area contributed by atoms with Crippen LogP contribution in [0, 0.1) is 0 Å². The lowest BCUT2D eigenvalue weighted by Crippen LogP contribution is -2.30. The van der Waals surface area contributed by atoms with Crippen molar-refractivity contribution in [2.45, 2.75) is 200 Å². The summed E-state index contributed by atoms with van der Waals surface area (Å²) in [4.78, 5) is 37.9. The molecule has 0 rings (SSSR count). The summed E-state index contributed by atoms with van der Waals surface area (Å²) in [6, 6.07) is 0. The predicted octanol–water partition coefficient (Wildman–Crippen LogP) is 16.1. The van der Waals surface area contributed by atoms with E-state index in [9.17, 15) is 14.4 Å². The second-order valence-corrected chi connectivity index (χ2v) is 15.8. The zero-order valence-corrected chi connectivity index (χ0v) is 39.6. The summed E-state index contributed by atoms with van der Waals surface area (Å²) in [6.07, 6.45) is 67.5. The highest BCUT2D eigenvalue weighted by atomic mass is 16.6. The summed E-state index contributed by atoms with van der Waals surface area (Å²) in [5.41, 5.74) is 0. The van der Waals surface area contributed by atoms with Crippen LogP contribution in [0.5, 0.6) is 0 Å². The first-order chi connectivity index (χ1) is 30.5. The van der Waals surface area contributed by atoms with E-state index >= 15 is 0 Å². The van der Waals surface area contributed by atoms with E-state index in [1.807, 2.05) is 60.8 Å². The molecule has 62 heavy (non-hydrogen) atoms. The summed E-state index contributed by atoms with van der Waals surface area (Å²) in [6.45, 7) is 6.28. The van der Waals surface area contributed by atoms with Gasteiger partial charge in [-0.2, -0.15) is 0 Å². The molecule has 0 saturated carbocycles. The van der Waals surface area contributed by atoms with Crippen molar-refractivity contribution >= 4 is 17.9 Å². The van der Waals surface area contributed by atoms with Crippen molar-refractivity contribution in [3.63, 3.8) is 0 Å². The predicted molar refractivity (Wildman–Crippen MR) is 265 cm³/mol. The minimum Gasteiger partial charge on any atom is -0.462 e. The van der Waals surface area contributed by atoms with Crippen molar-refractivity contribution in [3.8, 4) is 0 Å². The molecule has 6 heteroatoms. The summed E-state index contributed by atoms with van der Waals surface area (Å²) < 4.78 is 16.7. The van der Waals surface area contributed by atoms with Gasteiger partial charge in [0.2, 0.25) is 0 Å². The zero-order valence-electron chi connectivity index (χ0n) is 39.6. The summed E-state index contributed by atoms with van der Waals surface area (Å²) in [5.74, 6) is -0.995. The van der Waals surface area contributed by atoms with Crippen LogP contribution >= 0.6 is 0 Å². The van der Waals surface area contributed by atoms with Crippen LogP contribution in [0.2, 0.25) is 0 Å². The molecule has 6 nitrogen and oxygen atoms in total. The van der Waals surface area contributed by atoms with E-state index in [0.717, 1.165) is 96.3 Å². The van der Waals surface area contributed by atoms with Gasteiger partial charge in [0.1, 0.15) is 13.2 Å². The van der Waals surface area contributed by atoms with Gasteiger partial charge in [-0.05, 0) is 77.0 Å². The topological polar surface area (TPSA) is 78.9 Å². The summed E-state index contributed by atoms with van der Waals surface area (Å²) >= 11 is 0. The number of carbonyl (C=O) groups is 3. The van der Waals surface area contributed by atoms with E-state index in [-0.39, 0.29) is 37.5 Å². The van der Waals surface area contributed by atoms with E-state index in [2.05, 4.69) is 81.5 Å². The Hall–Kier alpha value is -4.19. The molecule has 1 unspecified atom stereocenters. The van der Waals surface area contributed by atoms with Crippen LogP contribution < -0.4 is 0 Å². The highest BCUT2D eigenvalue weighted by Crippen LogP contribution is 2.13. The molecule has 0 bridgehead atoms. The van der Waals surface area contributed by atoms with Gasteiger partial charge < -0.3 is 14.2 Å². The van der Waals surface area contributed by atoms with Crippen molar-refractivity contribution in [2.24, 2.45) is 0 Å². The van der Waals surface area contributed by atoms with Crippen LogP contribution in [0.1, 0.15) is 194 Å². The fourth-order valence-corrected chi connectivity index (χ4v) is 6.23. The van der Waals surface area contributed by atoms with Crippen LogP contribution in [-0.4, -0.2) is 37.2 Å². The molecule has 0 aliphatic heterocycles. The van der Waals surface area contributed by atoms with Gasteiger partial charge in [-0.3, -0.25) is 14.4 Å². The first-order valence-electron chi connectivity index (χ1n) is 24.6. The molecule has 0 amide bonds. The molecule has 0 spiro atoms. The first-order valence-corrected chi connectivity index (χ1v) is 24.6. The van der Waals surface area contributed by atoms with Crippen molar-refractivity contribution in [1.29, 1.82) is 0 Å². The number of unbranched alkanes of at least 4 members (excludes halogenated alkanes) is 16. The van der Waals surface area contributed by atoms with Crippen LogP contribution in [-0.2, 0) is 28.6 Å². The molecule has 348 valence electrons. The number of allylic oxidation sites excluding steroid dienone is 20. The molecular weight excluding hydrogens is 769 g/mol. The van der Waals surface area contributed by atoms with Gasteiger partial charge in [-0.25, -0.2) is 0 Å². The van der Waals surface area contributed by atoms with Crippen molar-refractivity contribution in [3.05, 3.63) is 122 Å². The average Bonchev–Trinajstić information content (AvgIpc) is 3.27. The summed E-state index contributed by atoms with van der Waals surface area (Å²) in [7, 11) is 0. The Bertz CT molecular complexity index is 1350. The molecule has 0 aliphatic rings. The van der Waals surface area contributed by atoms with Crippen LogP contribution in [0.3, 0.4) is 0 Å². The van der Waals surface area contributed by atoms with Crippen LogP contribution in [0.15, 0.2) is 122 Å². The van der Waals surface area contributed by atoms with Crippen molar-refractivity contribution in [2.75, 3.05) is 13.2 Å².